The molecule has 0 aliphatic carbocycles. The number of amides is 2. The Morgan fingerprint density at radius 1 is 1.19 bits per heavy atom. The largest absolute Gasteiger partial charge is 0.493 e. The smallest absolute Gasteiger partial charge is 0.285 e. The Morgan fingerprint density at radius 2 is 1.85 bits per heavy atom. The lowest BCUT2D eigenvalue weighted by atomic mass is 10.1. The van der Waals surface area contributed by atoms with Crippen molar-refractivity contribution in [2.45, 2.75) is 11.8 Å². The number of hydrogen-bond acceptors (Lipinski definition) is 5. The van der Waals surface area contributed by atoms with E-state index >= 15 is 0 Å². The van der Waals surface area contributed by atoms with Crippen LogP contribution in [-0.4, -0.2) is 43.9 Å². The molecule has 2 rings (SSSR count). The van der Waals surface area contributed by atoms with Crippen molar-refractivity contribution in [3.8, 4) is 11.5 Å². The number of ether oxygens (including phenoxy) is 2. The molecule has 0 saturated carbocycles. The van der Waals surface area contributed by atoms with E-state index in [0.29, 0.717) is 34.4 Å². The normalized spacial score (nSPS) is 10.3. The highest BCUT2D eigenvalue weighted by atomic mass is 35.5. The number of halogens is 1. The lowest BCUT2D eigenvalue weighted by Gasteiger charge is -2.13. The van der Waals surface area contributed by atoms with Crippen LogP contribution in [0.1, 0.15) is 17.3 Å². The standard InChI is InChI=1S/C19H21ClN2O4S/c1-5-26-17-15(20)10-12(11-16(17)25-4)18(23)21-13-6-8-14(9-7-13)27-19(24)22(2)3/h6-11H,5H2,1-4H3,(H,21,23). The summed E-state index contributed by atoms with van der Waals surface area (Å²) in [7, 11) is 4.88. The maximum absolute atomic E-state index is 12.5. The lowest BCUT2D eigenvalue weighted by Crippen LogP contribution is -2.16. The van der Waals surface area contributed by atoms with Gasteiger partial charge in [-0.1, -0.05) is 11.6 Å². The Labute approximate surface area is 167 Å². The van der Waals surface area contributed by atoms with Gasteiger partial charge in [0.05, 0.1) is 18.7 Å². The van der Waals surface area contributed by atoms with E-state index in [-0.39, 0.29) is 11.1 Å². The van der Waals surface area contributed by atoms with Crippen molar-refractivity contribution >= 4 is 40.2 Å². The summed E-state index contributed by atoms with van der Waals surface area (Å²) in [4.78, 5) is 26.5. The van der Waals surface area contributed by atoms with Gasteiger partial charge in [0.25, 0.3) is 11.1 Å². The summed E-state index contributed by atoms with van der Waals surface area (Å²) in [5.74, 6) is 0.469. The Kier molecular flexibility index (Phi) is 7.38. The second-order valence-corrected chi connectivity index (χ2v) is 7.10. The van der Waals surface area contributed by atoms with Crippen LogP contribution >= 0.6 is 23.4 Å². The first-order valence-corrected chi connectivity index (χ1v) is 9.36. The number of hydrogen-bond donors (Lipinski definition) is 1. The summed E-state index contributed by atoms with van der Waals surface area (Å²) in [6.07, 6.45) is 0. The van der Waals surface area contributed by atoms with Gasteiger partial charge < -0.3 is 19.7 Å². The number of nitrogens with one attached hydrogen (secondary N) is 1. The van der Waals surface area contributed by atoms with E-state index in [0.717, 1.165) is 16.7 Å². The maximum atomic E-state index is 12.5. The third-order valence-corrected chi connectivity index (χ3v) is 4.79. The van der Waals surface area contributed by atoms with Crippen LogP contribution < -0.4 is 14.8 Å². The fourth-order valence-electron chi connectivity index (χ4n) is 2.14. The van der Waals surface area contributed by atoms with Crippen molar-refractivity contribution in [2.24, 2.45) is 0 Å². The van der Waals surface area contributed by atoms with Crippen LogP contribution in [-0.2, 0) is 0 Å². The molecule has 0 unspecified atom stereocenters. The first-order chi connectivity index (χ1) is 12.8. The molecule has 2 amide bonds. The summed E-state index contributed by atoms with van der Waals surface area (Å²) in [6, 6.07) is 10.1. The van der Waals surface area contributed by atoms with Crippen molar-refractivity contribution in [3.05, 3.63) is 47.0 Å². The molecule has 6 nitrogen and oxygen atoms in total. The van der Waals surface area contributed by atoms with Crippen molar-refractivity contribution in [3.63, 3.8) is 0 Å². The van der Waals surface area contributed by atoms with Gasteiger partial charge in [-0.25, -0.2) is 0 Å². The van der Waals surface area contributed by atoms with Crippen LogP contribution in [0.15, 0.2) is 41.3 Å². The topological polar surface area (TPSA) is 67.9 Å². The third-order valence-electron chi connectivity index (χ3n) is 3.46. The second kappa shape index (κ2) is 9.53. The molecule has 2 aromatic rings. The molecule has 8 heteroatoms. The van der Waals surface area contributed by atoms with Gasteiger partial charge in [-0.2, -0.15) is 0 Å². The summed E-state index contributed by atoms with van der Waals surface area (Å²) in [6.45, 7) is 2.27. The van der Waals surface area contributed by atoms with Crippen molar-refractivity contribution in [1.29, 1.82) is 0 Å². The van der Waals surface area contributed by atoms with Gasteiger partial charge >= 0.3 is 0 Å². The number of methoxy groups -OCH3 is 1. The molecule has 0 aliphatic rings. The van der Waals surface area contributed by atoms with Gasteiger partial charge in [0.15, 0.2) is 11.5 Å². The molecule has 1 N–H and O–H groups in total. The number of nitrogens with zero attached hydrogens (tertiary/aromatic N) is 1. The molecular weight excluding hydrogens is 388 g/mol. The highest BCUT2D eigenvalue weighted by Crippen LogP contribution is 2.36. The number of carbonyl (C=O) groups is 2. The van der Waals surface area contributed by atoms with Gasteiger partial charge in [0, 0.05) is 30.2 Å². The minimum atomic E-state index is -0.331. The number of carbonyl (C=O) groups excluding carboxylic acids is 2. The Hall–Kier alpha value is -2.38. The van der Waals surface area contributed by atoms with Crippen LogP contribution in [0.3, 0.4) is 0 Å². The van der Waals surface area contributed by atoms with Crippen LogP contribution in [0.4, 0.5) is 10.5 Å². The maximum Gasteiger partial charge on any atom is 0.285 e. The first kappa shape index (κ1) is 20.9. The van der Waals surface area contributed by atoms with Gasteiger partial charge in [0.2, 0.25) is 0 Å². The van der Waals surface area contributed by atoms with Crippen LogP contribution in [0, 0.1) is 0 Å². The minimum Gasteiger partial charge on any atom is -0.493 e. The fourth-order valence-corrected chi connectivity index (χ4v) is 3.06. The summed E-state index contributed by atoms with van der Waals surface area (Å²) in [5, 5.41) is 3.03. The van der Waals surface area contributed by atoms with Crippen LogP contribution in [0.2, 0.25) is 5.02 Å². The molecular formula is C19H21ClN2O4S. The van der Waals surface area contributed by atoms with Gasteiger partial charge in [-0.15, -0.1) is 0 Å². The third kappa shape index (κ3) is 5.55. The number of thioether (sulfide) groups is 1. The average Bonchev–Trinajstić information content (AvgIpc) is 2.64. The summed E-state index contributed by atoms with van der Waals surface area (Å²) >= 11 is 7.33. The number of rotatable bonds is 6. The molecule has 0 aliphatic heterocycles. The highest BCUT2D eigenvalue weighted by Gasteiger charge is 2.16. The molecule has 27 heavy (non-hydrogen) atoms. The first-order valence-electron chi connectivity index (χ1n) is 8.16. The minimum absolute atomic E-state index is 0.0667. The van der Waals surface area contributed by atoms with Gasteiger partial charge in [0.1, 0.15) is 0 Å². The van der Waals surface area contributed by atoms with Crippen LogP contribution in [0.5, 0.6) is 11.5 Å². The molecule has 144 valence electrons. The van der Waals surface area contributed by atoms with Crippen molar-refractivity contribution in [1.82, 2.24) is 4.90 Å². The van der Waals surface area contributed by atoms with E-state index in [1.165, 1.54) is 18.1 Å². The zero-order chi connectivity index (χ0) is 20.0. The summed E-state index contributed by atoms with van der Waals surface area (Å²) < 4.78 is 10.7. The molecule has 0 saturated heterocycles. The molecule has 0 fully saturated rings. The number of anilines is 1. The Morgan fingerprint density at radius 3 is 2.41 bits per heavy atom. The van der Waals surface area contributed by atoms with Crippen molar-refractivity contribution in [2.75, 3.05) is 33.1 Å². The van der Waals surface area contributed by atoms with E-state index in [9.17, 15) is 9.59 Å². The molecule has 2 aromatic carbocycles. The molecule has 0 bridgehead atoms. The van der Waals surface area contributed by atoms with Crippen molar-refractivity contribution < 1.29 is 19.1 Å². The quantitative estimate of drug-likeness (QED) is 0.697. The molecule has 0 heterocycles. The van der Waals surface area contributed by atoms with E-state index in [1.54, 1.807) is 44.4 Å². The second-order valence-electron chi connectivity index (χ2n) is 5.66. The van der Waals surface area contributed by atoms with E-state index in [1.807, 2.05) is 6.92 Å². The molecule has 0 aromatic heterocycles. The van der Waals surface area contributed by atoms with E-state index < -0.39 is 0 Å². The average molecular weight is 409 g/mol. The summed E-state index contributed by atoms with van der Waals surface area (Å²) in [5.41, 5.74) is 0.951. The molecule has 0 radical (unpaired) electrons. The number of benzene rings is 2. The Bertz CT molecular complexity index is 825. The zero-order valence-corrected chi connectivity index (χ0v) is 17.1. The van der Waals surface area contributed by atoms with Gasteiger partial charge in [-0.3, -0.25) is 9.59 Å². The molecule has 0 atom stereocenters. The van der Waals surface area contributed by atoms with E-state index in [4.69, 9.17) is 21.1 Å². The zero-order valence-electron chi connectivity index (χ0n) is 15.5. The predicted octanol–water partition coefficient (Wildman–Crippen LogP) is 4.77. The van der Waals surface area contributed by atoms with E-state index in [2.05, 4.69) is 5.32 Å². The predicted molar refractivity (Wildman–Crippen MR) is 109 cm³/mol. The van der Waals surface area contributed by atoms with Crippen LogP contribution in [0.25, 0.3) is 0 Å². The monoisotopic (exact) mass is 408 g/mol. The SMILES string of the molecule is CCOc1c(Cl)cc(C(=O)Nc2ccc(SC(=O)N(C)C)cc2)cc1OC. The highest BCUT2D eigenvalue weighted by molar-refractivity contribution is 8.13. The van der Waals surface area contributed by atoms with Gasteiger partial charge in [-0.05, 0) is 55.1 Å². The molecule has 0 spiro atoms. The lowest BCUT2D eigenvalue weighted by molar-refractivity contribution is 0.102. The fraction of sp³-hybridized carbons (Fsp3) is 0.263. The Balaban J connectivity index is 2.13.